The third-order valence-corrected chi connectivity index (χ3v) is 2.26. The van der Waals surface area contributed by atoms with Gasteiger partial charge in [-0.2, -0.15) is 0 Å². The number of Topliss-reactive ketones (excluding diaryl/α,β-unsaturated/α-hetero) is 1. The Labute approximate surface area is 99.1 Å². The number of hydrogen-bond donors (Lipinski definition) is 1. The lowest BCUT2D eigenvalue weighted by molar-refractivity contribution is -0.385. The van der Waals surface area contributed by atoms with Gasteiger partial charge in [-0.1, -0.05) is 18.2 Å². The monoisotopic (exact) mass is 234 g/mol. The first kappa shape index (κ1) is 13.1. The van der Waals surface area contributed by atoms with Gasteiger partial charge >= 0.3 is 0 Å². The van der Waals surface area contributed by atoms with E-state index in [2.05, 4.69) is 0 Å². The molecule has 0 radical (unpaired) electrons. The number of carbonyl (C=O) groups excluding carboxylic acids is 1. The van der Waals surface area contributed by atoms with Gasteiger partial charge in [-0.3, -0.25) is 14.9 Å². The minimum Gasteiger partial charge on any atom is -0.330 e. The first-order valence-electron chi connectivity index (χ1n) is 5.22. The average molecular weight is 234 g/mol. The van der Waals surface area contributed by atoms with Crippen molar-refractivity contribution in [2.45, 2.75) is 13.3 Å². The summed E-state index contributed by atoms with van der Waals surface area (Å²) in [5.41, 5.74) is 6.08. The van der Waals surface area contributed by atoms with Gasteiger partial charge in [-0.15, -0.1) is 0 Å². The molecular formula is C12H14N2O3. The van der Waals surface area contributed by atoms with Gasteiger partial charge in [0.1, 0.15) is 0 Å². The maximum Gasteiger partial charge on any atom is 0.277 e. The van der Waals surface area contributed by atoms with E-state index in [4.69, 9.17) is 5.73 Å². The van der Waals surface area contributed by atoms with Crippen LogP contribution in [0.5, 0.6) is 0 Å². The van der Waals surface area contributed by atoms with Crippen LogP contribution in [-0.2, 0) is 0 Å². The molecule has 0 fully saturated rings. The average Bonchev–Trinajstić information content (AvgIpc) is 2.29. The van der Waals surface area contributed by atoms with Crippen molar-refractivity contribution in [1.29, 1.82) is 0 Å². The van der Waals surface area contributed by atoms with E-state index in [-0.39, 0.29) is 11.5 Å². The molecule has 17 heavy (non-hydrogen) atoms. The quantitative estimate of drug-likeness (QED) is 0.480. The second-order valence-electron chi connectivity index (χ2n) is 3.57. The molecule has 0 unspecified atom stereocenters. The number of rotatable bonds is 5. The molecule has 0 bridgehead atoms. The van der Waals surface area contributed by atoms with Crippen LogP contribution in [0.2, 0.25) is 0 Å². The van der Waals surface area contributed by atoms with Crippen LogP contribution < -0.4 is 5.73 Å². The van der Waals surface area contributed by atoms with Gasteiger partial charge in [0, 0.05) is 11.6 Å². The second kappa shape index (κ2) is 5.91. The van der Waals surface area contributed by atoms with Crippen LogP contribution in [0.3, 0.4) is 0 Å². The molecule has 0 spiro atoms. The first-order valence-corrected chi connectivity index (χ1v) is 5.22. The minimum absolute atomic E-state index is 0.0639. The van der Waals surface area contributed by atoms with Crippen molar-refractivity contribution >= 4 is 17.5 Å². The van der Waals surface area contributed by atoms with Crippen LogP contribution in [0.25, 0.3) is 6.08 Å². The van der Waals surface area contributed by atoms with Crippen molar-refractivity contribution in [3.63, 3.8) is 0 Å². The zero-order valence-electron chi connectivity index (χ0n) is 9.55. The van der Waals surface area contributed by atoms with E-state index in [0.29, 0.717) is 24.1 Å². The van der Waals surface area contributed by atoms with Crippen LogP contribution in [0.4, 0.5) is 5.69 Å². The fraction of sp³-hybridized carbons (Fsp3) is 0.250. The smallest absolute Gasteiger partial charge is 0.277 e. The predicted octanol–water partition coefficient (Wildman–Crippen LogP) is 2.16. The molecule has 5 nitrogen and oxygen atoms in total. The van der Waals surface area contributed by atoms with Crippen molar-refractivity contribution in [3.8, 4) is 0 Å². The lowest BCUT2D eigenvalue weighted by Crippen LogP contribution is -1.98. The fourth-order valence-corrected chi connectivity index (χ4v) is 1.37. The molecule has 0 aliphatic carbocycles. The molecule has 0 amide bonds. The number of nitrogens with zero attached hydrogens (tertiary/aromatic N) is 1. The maximum atomic E-state index is 11.1. The zero-order valence-corrected chi connectivity index (χ0v) is 9.55. The molecule has 5 heteroatoms. The number of nitrogens with two attached hydrogens (primary N) is 1. The molecule has 0 atom stereocenters. The van der Waals surface area contributed by atoms with E-state index in [1.807, 2.05) is 0 Å². The summed E-state index contributed by atoms with van der Waals surface area (Å²) in [5.74, 6) is -0.189. The number of ketones is 1. The normalized spacial score (nSPS) is 10.7. The number of nitro groups is 1. The summed E-state index contributed by atoms with van der Waals surface area (Å²) in [6.07, 6.45) is 4.08. The third-order valence-electron chi connectivity index (χ3n) is 2.26. The SMILES string of the molecule is CC(=O)c1ccc(C=CCCN)c([N+](=O)[O-])c1. The molecule has 0 aliphatic heterocycles. The summed E-state index contributed by atoms with van der Waals surface area (Å²) >= 11 is 0. The minimum atomic E-state index is -0.492. The van der Waals surface area contributed by atoms with E-state index in [9.17, 15) is 14.9 Å². The van der Waals surface area contributed by atoms with Crippen molar-refractivity contribution in [1.82, 2.24) is 0 Å². The number of hydrogen-bond acceptors (Lipinski definition) is 4. The van der Waals surface area contributed by atoms with E-state index in [1.165, 1.54) is 13.0 Å². The summed E-state index contributed by atoms with van der Waals surface area (Å²) < 4.78 is 0. The lowest BCUT2D eigenvalue weighted by atomic mass is 10.1. The van der Waals surface area contributed by atoms with Crippen LogP contribution in [-0.4, -0.2) is 17.3 Å². The number of benzene rings is 1. The topological polar surface area (TPSA) is 86.2 Å². The van der Waals surface area contributed by atoms with Crippen molar-refractivity contribution < 1.29 is 9.72 Å². The van der Waals surface area contributed by atoms with Gasteiger partial charge in [-0.25, -0.2) is 0 Å². The molecule has 0 aliphatic rings. The summed E-state index contributed by atoms with van der Waals surface area (Å²) in [4.78, 5) is 21.5. The molecule has 0 saturated carbocycles. The Hall–Kier alpha value is -2.01. The molecule has 0 heterocycles. The summed E-state index contributed by atoms with van der Waals surface area (Å²) in [5, 5.41) is 10.9. The van der Waals surface area contributed by atoms with Crippen LogP contribution >= 0.6 is 0 Å². The molecule has 90 valence electrons. The van der Waals surface area contributed by atoms with Crippen LogP contribution in [0.15, 0.2) is 24.3 Å². The summed E-state index contributed by atoms with van der Waals surface area (Å²) in [6, 6.07) is 4.45. The molecule has 1 aromatic carbocycles. The Morgan fingerprint density at radius 1 is 1.53 bits per heavy atom. The van der Waals surface area contributed by atoms with Gasteiger partial charge in [0.25, 0.3) is 5.69 Å². The largest absolute Gasteiger partial charge is 0.330 e. The third kappa shape index (κ3) is 3.49. The number of nitro benzene ring substituents is 1. The molecule has 0 saturated heterocycles. The standard InChI is InChI=1S/C12H14N2O3/c1-9(15)11-6-5-10(4-2-3-7-13)12(8-11)14(16)17/h2,4-6,8H,3,7,13H2,1H3. The van der Waals surface area contributed by atoms with Gasteiger partial charge in [0.05, 0.1) is 10.5 Å². The Morgan fingerprint density at radius 3 is 2.76 bits per heavy atom. The highest BCUT2D eigenvalue weighted by Gasteiger charge is 2.13. The maximum absolute atomic E-state index is 11.1. The number of carbonyl (C=O) groups is 1. The van der Waals surface area contributed by atoms with E-state index < -0.39 is 4.92 Å². The van der Waals surface area contributed by atoms with Crippen LogP contribution in [0.1, 0.15) is 29.3 Å². The molecule has 1 aromatic rings. The van der Waals surface area contributed by atoms with E-state index in [0.717, 1.165) is 0 Å². The lowest BCUT2D eigenvalue weighted by Gasteiger charge is -2.00. The molecule has 2 N–H and O–H groups in total. The van der Waals surface area contributed by atoms with Gasteiger partial charge in [0.2, 0.25) is 0 Å². The predicted molar refractivity (Wildman–Crippen MR) is 65.8 cm³/mol. The highest BCUT2D eigenvalue weighted by Crippen LogP contribution is 2.22. The van der Waals surface area contributed by atoms with Gasteiger partial charge < -0.3 is 5.73 Å². The van der Waals surface area contributed by atoms with Crippen molar-refractivity contribution in [2.75, 3.05) is 6.54 Å². The van der Waals surface area contributed by atoms with Crippen molar-refractivity contribution in [3.05, 3.63) is 45.5 Å². The van der Waals surface area contributed by atoms with Gasteiger partial charge in [-0.05, 0) is 26.0 Å². The van der Waals surface area contributed by atoms with Crippen molar-refractivity contribution in [2.24, 2.45) is 5.73 Å². The first-order chi connectivity index (χ1) is 8.06. The Kier molecular flexibility index (Phi) is 4.54. The van der Waals surface area contributed by atoms with Gasteiger partial charge in [0.15, 0.2) is 5.78 Å². The zero-order chi connectivity index (χ0) is 12.8. The Bertz CT molecular complexity index is 467. The summed E-state index contributed by atoms with van der Waals surface area (Å²) in [7, 11) is 0. The molecule has 0 aromatic heterocycles. The van der Waals surface area contributed by atoms with E-state index >= 15 is 0 Å². The Balaban J connectivity index is 3.13. The molecule has 1 rings (SSSR count). The highest BCUT2D eigenvalue weighted by molar-refractivity contribution is 5.95. The second-order valence-corrected chi connectivity index (χ2v) is 3.57. The fourth-order valence-electron chi connectivity index (χ4n) is 1.37. The summed E-state index contributed by atoms with van der Waals surface area (Å²) in [6.45, 7) is 1.87. The molecular weight excluding hydrogens is 220 g/mol. The van der Waals surface area contributed by atoms with Crippen LogP contribution in [0, 0.1) is 10.1 Å². The highest BCUT2D eigenvalue weighted by atomic mass is 16.6. The Morgan fingerprint density at radius 2 is 2.24 bits per heavy atom. The van der Waals surface area contributed by atoms with E-state index in [1.54, 1.807) is 24.3 Å².